The predicted octanol–water partition coefficient (Wildman–Crippen LogP) is 3.70. The number of piperazine rings is 1. The molecule has 1 aliphatic heterocycles. The second-order valence-electron chi connectivity index (χ2n) is 6.88. The molecule has 2 aromatic carbocycles. The number of rotatable bonds is 4. The van der Waals surface area contributed by atoms with Gasteiger partial charge in [0.2, 0.25) is 0 Å². The van der Waals surface area contributed by atoms with Gasteiger partial charge in [-0.2, -0.15) is 0 Å². The maximum Gasteiger partial charge on any atom is 0.321 e. The zero-order chi connectivity index (χ0) is 18.6. The van der Waals surface area contributed by atoms with Gasteiger partial charge >= 0.3 is 6.03 Å². The number of aromatic amines is 1. The number of carbonyl (C=O) groups excluding carboxylic acids is 1. The fraction of sp³-hybridized carbons (Fsp3) is 0.286. The summed E-state index contributed by atoms with van der Waals surface area (Å²) in [5, 5.41) is 4.11. The van der Waals surface area contributed by atoms with Crippen molar-refractivity contribution in [2.45, 2.75) is 6.42 Å². The molecule has 0 spiro atoms. The zero-order valence-electron chi connectivity index (χ0n) is 15.1. The van der Waals surface area contributed by atoms with Gasteiger partial charge in [0.15, 0.2) is 0 Å². The van der Waals surface area contributed by atoms with Crippen LogP contribution in [-0.2, 0) is 6.42 Å². The second kappa shape index (κ2) is 7.80. The van der Waals surface area contributed by atoms with E-state index in [1.807, 2.05) is 11.0 Å². The highest BCUT2D eigenvalue weighted by Gasteiger charge is 2.21. The summed E-state index contributed by atoms with van der Waals surface area (Å²) >= 11 is 0. The van der Waals surface area contributed by atoms with E-state index in [2.05, 4.69) is 39.6 Å². The number of nitrogens with one attached hydrogen (secondary N) is 2. The summed E-state index contributed by atoms with van der Waals surface area (Å²) in [7, 11) is 0. The number of hydrogen-bond donors (Lipinski definition) is 2. The molecule has 140 valence electrons. The van der Waals surface area contributed by atoms with Gasteiger partial charge in [-0.25, -0.2) is 9.18 Å². The Hall–Kier alpha value is -2.86. The molecule has 2 N–H and O–H groups in total. The molecule has 0 atom stereocenters. The molecule has 27 heavy (non-hydrogen) atoms. The van der Waals surface area contributed by atoms with Crippen molar-refractivity contribution >= 4 is 22.6 Å². The maximum atomic E-state index is 13.0. The topological polar surface area (TPSA) is 51.4 Å². The third-order valence-electron chi connectivity index (χ3n) is 5.13. The standard InChI is InChI=1S/C21H23FN4O/c22-17-5-7-18(8-6-17)24-21(27)26-13-11-25(12-14-26)10-9-16-15-23-20-4-2-1-3-19(16)20/h1-8,15,23H,9-14H2,(H,24,27). The van der Waals surface area contributed by atoms with E-state index in [-0.39, 0.29) is 11.8 Å². The first kappa shape index (κ1) is 17.5. The Labute approximate surface area is 157 Å². The van der Waals surface area contributed by atoms with E-state index in [1.54, 1.807) is 12.1 Å². The smallest absolute Gasteiger partial charge is 0.321 e. The molecule has 0 unspecified atom stereocenters. The summed E-state index contributed by atoms with van der Waals surface area (Å²) < 4.78 is 13.0. The molecule has 1 saturated heterocycles. The van der Waals surface area contributed by atoms with E-state index in [0.29, 0.717) is 18.8 Å². The number of hydrogen-bond acceptors (Lipinski definition) is 2. The fourth-order valence-corrected chi connectivity index (χ4v) is 3.53. The van der Waals surface area contributed by atoms with Crippen molar-refractivity contribution in [1.29, 1.82) is 0 Å². The van der Waals surface area contributed by atoms with E-state index in [1.165, 1.54) is 28.6 Å². The highest BCUT2D eigenvalue weighted by Crippen LogP contribution is 2.18. The number of urea groups is 1. The van der Waals surface area contributed by atoms with Crippen molar-refractivity contribution in [3.63, 3.8) is 0 Å². The number of carbonyl (C=O) groups is 1. The summed E-state index contributed by atoms with van der Waals surface area (Å²) in [5.74, 6) is -0.309. The van der Waals surface area contributed by atoms with Crippen molar-refractivity contribution in [3.05, 3.63) is 66.1 Å². The number of benzene rings is 2. The number of nitrogens with zero attached hydrogens (tertiary/aromatic N) is 2. The van der Waals surface area contributed by atoms with E-state index in [9.17, 15) is 9.18 Å². The normalized spacial score (nSPS) is 15.2. The lowest BCUT2D eigenvalue weighted by molar-refractivity contribution is 0.148. The third-order valence-corrected chi connectivity index (χ3v) is 5.13. The number of aromatic nitrogens is 1. The van der Waals surface area contributed by atoms with E-state index >= 15 is 0 Å². The van der Waals surface area contributed by atoms with Crippen LogP contribution in [0, 0.1) is 5.82 Å². The van der Waals surface area contributed by atoms with Crippen LogP contribution in [-0.4, -0.2) is 53.5 Å². The first-order valence-corrected chi connectivity index (χ1v) is 9.28. The van der Waals surface area contributed by atoms with Crippen LogP contribution in [0.2, 0.25) is 0 Å². The third kappa shape index (κ3) is 4.11. The Morgan fingerprint density at radius 1 is 1.04 bits per heavy atom. The average Bonchev–Trinajstić information content (AvgIpc) is 3.12. The molecular weight excluding hydrogens is 343 g/mol. The van der Waals surface area contributed by atoms with Crippen molar-refractivity contribution in [2.24, 2.45) is 0 Å². The highest BCUT2D eigenvalue weighted by molar-refractivity contribution is 5.89. The van der Waals surface area contributed by atoms with Gasteiger partial charge in [-0.05, 0) is 42.3 Å². The largest absolute Gasteiger partial charge is 0.361 e. The summed E-state index contributed by atoms with van der Waals surface area (Å²) in [6.07, 6.45) is 3.09. The molecule has 0 radical (unpaired) electrons. The summed E-state index contributed by atoms with van der Waals surface area (Å²) in [5.41, 5.74) is 3.13. The molecule has 2 amide bonds. The Morgan fingerprint density at radius 2 is 1.78 bits per heavy atom. The van der Waals surface area contributed by atoms with E-state index in [4.69, 9.17) is 0 Å². The molecule has 0 bridgehead atoms. The minimum absolute atomic E-state index is 0.127. The van der Waals surface area contributed by atoms with Crippen LogP contribution < -0.4 is 5.32 Å². The van der Waals surface area contributed by atoms with Crippen LogP contribution in [0.15, 0.2) is 54.7 Å². The van der Waals surface area contributed by atoms with Gasteiger partial charge in [-0.1, -0.05) is 18.2 Å². The second-order valence-corrected chi connectivity index (χ2v) is 6.88. The molecule has 2 heterocycles. The number of fused-ring (bicyclic) bond motifs is 1. The SMILES string of the molecule is O=C(Nc1ccc(F)cc1)N1CCN(CCc2c[nH]c3ccccc23)CC1. The average molecular weight is 366 g/mol. The van der Waals surface area contributed by atoms with Crippen LogP contribution in [0.3, 0.4) is 0 Å². The molecule has 1 aliphatic rings. The van der Waals surface area contributed by atoms with Gasteiger partial charge in [-0.15, -0.1) is 0 Å². The van der Waals surface area contributed by atoms with Crippen molar-refractivity contribution < 1.29 is 9.18 Å². The molecule has 6 heteroatoms. The van der Waals surface area contributed by atoms with Crippen LogP contribution >= 0.6 is 0 Å². The number of anilines is 1. The first-order valence-electron chi connectivity index (χ1n) is 9.28. The van der Waals surface area contributed by atoms with Gasteiger partial charge in [0, 0.05) is 55.5 Å². The molecule has 5 nitrogen and oxygen atoms in total. The Morgan fingerprint density at radius 3 is 2.56 bits per heavy atom. The monoisotopic (exact) mass is 366 g/mol. The predicted molar refractivity (Wildman–Crippen MR) is 105 cm³/mol. The summed E-state index contributed by atoms with van der Waals surface area (Å²) in [6, 6.07) is 14.1. The lowest BCUT2D eigenvalue weighted by atomic mass is 10.1. The van der Waals surface area contributed by atoms with E-state index in [0.717, 1.165) is 26.1 Å². The van der Waals surface area contributed by atoms with Gasteiger partial charge in [-0.3, -0.25) is 4.90 Å². The maximum absolute atomic E-state index is 13.0. The van der Waals surface area contributed by atoms with Crippen LogP contribution in [0.4, 0.5) is 14.9 Å². The van der Waals surface area contributed by atoms with Crippen LogP contribution in [0.5, 0.6) is 0 Å². The molecule has 1 aromatic heterocycles. The lowest BCUT2D eigenvalue weighted by Crippen LogP contribution is -2.50. The molecule has 4 rings (SSSR count). The minimum atomic E-state index is -0.309. The van der Waals surface area contributed by atoms with Crippen molar-refractivity contribution in [2.75, 3.05) is 38.0 Å². The lowest BCUT2D eigenvalue weighted by Gasteiger charge is -2.34. The fourth-order valence-electron chi connectivity index (χ4n) is 3.53. The molecular formula is C21H23FN4O. The molecule has 0 saturated carbocycles. The Balaban J connectivity index is 1.26. The summed E-state index contributed by atoms with van der Waals surface area (Å²) in [6.45, 7) is 4.09. The van der Waals surface area contributed by atoms with Crippen molar-refractivity contribution in [3.8, 4) is 0 Å². The number of halogens is 1. The first-order chi connectivity index (χ1) is 13.2. The van der Waals surface area contributed by atoms with Crippen LogP contribution in [0.25, 0.3) is 10.9 Å². The Bertz CT molecular complexity index is 913. The van der Waals surface area contributed by atoms with Crippen molar-refractivity contribution in [1.82, 2.24) is 14.8 Å². The highest BCUT2D eigenvalue weighted by atomic mass is 19.1. The number of para-hydroxylation sites is 1. The molecule has 1 fully saturated rings. The van der Waals surface area contributed by atoms with Gasteiger partial charge in [0.25, 0.3) is 0 Å². The minimum Gasteiger partial charge on any atom is -0.361 e. The zero-order valence-corrected chi connectivity index (χ0v) is 15.1. The quantitative estimate of drug-likeness (QED) is 0.740. The summed E-state index contributed by atoms with van der Waals surface area (Å²) in [4.78, 5) is 19.9. The van der Waals surface area contributed by atoms with E-state index < -0.39 is 0 Å². The Kier molecular flexibility index (Phi) is 5.07. The molecule has 3 aromatic rings. The number of amides is 2. The number of H-pyrrole nitrogens is 1. The van der Waals surface area contributed by atoms with Gasteiger partial charge in [0.1, 0.15) is 5.82 Å². The molecule has 0 aliphatic carbocycles. The van der Waals surface area contributed by atoms with Crippen LogP contribution in [0.1, 0.15) is 5.56 Å². The van der Waals surface area contributed by atoms with Gasteiger partial charge in [0.05, 0.1) is 0 Å². The van der Waals surface area contributed by atoms with Gasteiger partial charge < -0.3 is 15.2 Å².